The highest BCUT2D eigenvalue weighted by molar-refractivity contribution is 5.85. The van der Waals surface area contributed by atoms with Gasteiger partial charge in [0.1, 0.15) is 0 Å². The molecular formula is C13H16Cl2N2. The van der Waals surface area contributed by atoms with E-state index in [2.05, 4.69) is 24.0 Å². The Morgan fingerprint density at radius 1 is 1.12 bits per heavy atom. The van der Waals surface area contributed by atoms with Crippen LogP contribution in [-0.2, 0) is 6.54 Å². The van der Waals surface area contributed by atoms with Crippen molar-refractivity contribution in [2.24, 2.45) is 5.73 Å². The average Bonchev–Trinajstić information content (AvgIpc) is 2.30. The number of aryl methyl sites for hydroxylation is 1. The number of nitrogens with zero attached hydrogens (tertiary/aromatic N) is 1. The lowest BCUT2D eigenvalue weighted by Gasteiger charge is -2.05. The van der Waals surface area contributed by atoms with E-state index in [-0.39, 0.29) is 24.8 Å². The van der Waals surface area contributed by atoms with Crippen LogP contribution in [0.3, 0.4) is 0 Å². The molecule has 1 aromatic carbocycles. The summed E-state index contributed by atoms with van der Waals surface area (Å²) in [4.78, 5) is 4.36. The van der Waals surface area contributed by atoms with Crippen LogP contribution in [-0.4, -0.2) is 4.98 Å². The lowest BCUT2D eigenvalue weighted by molar-refractivity contribution is 1.06. The SMILES string of the molecule is Cc1ccccc1-c1cc(CN)ccn1.Cl.Cl. The quantitative estimate of drug-likeness (QED) is 0.909. The molecule has 0 saturated carbocycles. The molecule has 2 N–H and O–H groups in total. The Labute approximate surface area is 114 Å². The molecule has 92 valence electrons. The minimum atomic E-state index is 0. The van der Waals surface area contributed by atoms with Gasteiger partial charge in [0, 0.05) is 18.3 Å². The van der Waals surface area contributed by atoms with Crippen LogP contribution >= 0.6 is 24.8 Å². The zero-order chi connectivity index (χ0) is 10.7. The van der Waals surface area contributed by atoms with E-state index in [1.807, 2.05) is 30.5 Å². The van der Waals surface area contributed by atoms with Crippen LogP contribution in [0, 0.1) is 6.92 Å². The normalized spacial score (nSPS) is 9.06. The van der Waals surface area contributed by atoms with Crippen LogP contribution in [0.4, 0.5) is 0 Å². The number of aromatic nitrogens is 1. The van der Waals surface area contributed by atoms with Crippen molar-refractivity contribution in [1.29, 1.82) is 0 Å². The minimum absolute atomic E-state index is 0. The number of pyridine rings is 1. The summed E-state index contributed by atoms with van der Waals surface area (Å²) in [5.41, 5.74) is 10.1. The predicted octanol–water partition coefficient (Wildman–Crippen LogP) is 3.36. The molecule has 0 fully saturated rings. The molecule has 17 heavy (non-hydrogen) atoms. The fourth-order valence-corrected chi connectivity index (χ4v) is 1.61. The van der Waals surface area contributed by atoms with Gasteiger partial charge in [-0.05, 0) is 30.2 Å². The molecule has 2 nitrogen and oxygen atoms in total. The maximum atomic E-state index is 5.61. The summed E-state index contributed by atoms with van der Waals surface area (Å²) in [5, 5.41) is 0. The van der Waals surface area contributed by atoms with Crippen LogP contribution in [0.15, 0.2) is 42.6 Å². The van der Waals surface area contributed by atoms with E-state index < -0.39 is 0 Å². The van der Waals surface area contributed by atoms with E-state index in [0.717, 1.165) is 11.3 Å². The van der Waals surface area contributed by atoms with E-state index in [1.165, 1.54) is 11.1 Å². The Kier molecular flexibility index (Phi) is 6.81. The zero-order valence-electron chi connectivity index (χ0n) is 9.59. The van der Waals surface area contributed by atoms with Gasteiger partial charge < -0.3 is 5.73 Å². The van der Waals surface area contributed by atoms with Crippen molar-refractivity contribution >= 4 is 24.8 Å². The molecule has 2 aromatic rings. The second kappa shape index (κ2) is 7.28. The van der Waals surface area contributed by atoms with Crippen LogP contribution in [0.1, 0.15) is 11.1 Å². The van der Waals surface area contributed by atoms with Gasteiger partial charge in [0.15, 0.2) is 0 Å². The van der Waals surface area contributed by atoms with Crippen molar-refractivity contribution < 1.29 is 0 Å². The molecule has 0 aliphatic rings. The third-order valence-corrected chi connectivity index (χ3v) is 2.48. The lowest BCUT2D eigenvalue weighted by atomic mass is 10.0. The highest BCUT2D eigenvalue weighted by Gasteiger charge is 2.02. The second-order valence-corrected chi connectivity index (χ2v) is 3.57. The van der Waals surface area contributed by atoms with Gasteiger partial charge in [0.25, 0.3) is 0 Å². The monoisotopic (exact) mass is 270 g/mol. The Balaban J connectivity index is 0.00000128. The highest BCUT2D eigenvalue weighted by atomic mass is 35.5. The van der Waals surface area contributed by atoms with Gasteiger partial charge in [-0.15, -0.1) is 24.8 Å². The zero-order valence-corrected chi connectivity index (χ0v) is 11.2. The molecular weight excluding hydrogens is 255 g/mol. The standard InChI is InChI=1S/C13H14N2.2ClH/c1-10-4-2-3-5-12(10)13-8-11(9-14)6-7-15-13;;/h2-8H,9,14H2,1H3;2*1H. The molecule has 1 heterocycles. The summed E-state index contributed by atoms with van der Waals surface area (Å²) in [6, 6.07) is 12.2. The van der Waals surface area contributed by atoms with Crippen LogP contribution in [0.25, 0.3) is 11.3 Å². The first-order valence-corrected chi connectivity index (χ1v) is 5.02. The number of nitrogens with two attached hydrogens (primary N) is 1. The van der Waals surface area contributed by atoms with Gasteiger partial charge in [0.05, 0.1) is 5.69 Å². The van der Waals surface area contributed by atoms with E-state index in [4.69, 9.17) is 5.73 Å². The molecule has 0 radical (unpaired) electrons. The third kappa shape index (κ3) is 3.70. The molecule has 0 amide bonds. The molecule has 0 spiro atoms. The average molecular weight is 271 g/mol. The number of hydrogen-bond donors (Lipinski definition) is 1. The van der Waals surface area contributed by atoms with E-state index in [9.17, 15) is 0 Å². The van der Waals surface area contributed by atoms with Gasteiger partial charge in [-0.1, -0.05) is 24.3 Å². The van der Waals surface area contributed by atoms with E-state index in [0.29, 0.717) is 6.54 Å². The second-order valence-electron chi connectivity index (χ2n) is 3.57. The summed E-state index contributed by atoms with van der Waals surface area (Å²) in [7, 11) is 0. The van der Waals surface area contributed by atoms with Crippen molar-refractivity contribution in [1.82, 2.24) is 4.98 Å². The molecule has 0 aliphatic carbocycles. The van der Waals surface area contributed by atoms with Crippen LogP contribution in [0.2, 0.25) is 0 Å². The lowest BCUT2D eigenvalue weighted by Crippen LogP contribution is -1.97. The van der Waals surface area contributed by atoms with Crippen molar-refractivity contribution in [3.05, 3.63) is 53.7 Å². The predicted molar refractivity (Wildman–Crippen MR) is 76.8 cm³/mol. The Morgan fingerprint density at radius 2 is 1.82 bits per heavy atom. The molecule has 0 saturated heterocycles. The maximum Gasteiger partial charge on any atom is 0.0707 e. The molecule has 0 unspecified atom stereocenters. The van der Waals surface area contributed by atoms with Crippen molar-refractivity contribution in [2.75, 3.05) is 0 Å². The highest BCUT2D eigenvalue weighted by Crippen LogP contribution is 2.21. The van der Waals surface area contributed by atoms with Gasteiger partial charge in [0.2, 0.25) is 0 Å². The topological polar surface area (TPSA) is 38.9 Å². The molecule has 0 aliphatic heterocycles. The Hall–Kier alpha value is -1.09. The summed E-state index contributed by atoms with van der Waals surface area (Å²) in [6.45, 7) is 2.65. The molecule has 4 heteroatoms. The van der Waals surface area contributed by atoms with Crippen molar-refractivity contribution in [2.45, 2.75) is 13.5 Å². The largest absolute Gasteiger partial charge is 0.326 e. The third-order valence-electron chi connectivity index (χ3n) is 2.48. The number of halogens is 2. The minimum Gasteiger partial charge on any atom is -0.326 e. The first kappa shape index (κ1) is 15.9. The van der Waals surface area contributed by atoms with Gasteiger partial charge in [-0.2, -0.15) is 0 Å². The first-order chi connectivity index (χ1) is 7.31. The van der Waals surface area contributed by atoms with E-state index >= 15 is 0 Å². The molecule has 1 aromatic heterocycles. The summed E-state index contributed by atoms with van der Waals surface area (Å²) < 4.78 is 0. The summed E-state index contributed by atoms with van der Waals surface area (Å²) in [5.74, 6) is 0. The Bertz CT molecular complexity index is 472. The summed E-state index contributed by atoms with van der Waals surface area (Å²) >= 11 is 0. The Morgan fingerprint density at radius 3 is 2.47 bits per heavy atom. The van der Waals surface area contributed by atoms with Crippen LogP contribution < -0.4 is 5.73 Å². The molecule has 2 rings (SSSR count). The fraction of sp³-hybridized carbons (Fsp3) is 0.154. The van der Waals surface area contributed by atoms with Crippen molar-refractivity contribution in [3.63, 3.8) is 0 Å². The van der Waals surface area contributed by atoms with Gasteiger partial charge >= 0.3 is 0 Å². The smallest absolute Gasteiger partial charge is 0.0707 e. The molecule has 0 atom stereocenters. The van der Waals surface area contributed by atoms with E-state index in [1.54, 1.807) is 0 Å². The fourth-order valence-electron chi connectivity index (χ4n) is 1.61. The first-order valence-electron chi connectivity index (χ1n) is 5.02. The van der Waals surface area contributed by atoms with Crippen molar-refractivity contribution in [3.8, 4) is 11.3 Å². The maximum absolute atomic E-state index is 5.61. The molecule has 0 bridgehead atoms. The van der Waals surface area contributed by atoms with Gasteiger partial charge in [-0.25, -0.2) is 0 Å². The number of benzene rings is 1. The van der Waals surface area contributed by atoms with Crippen LogP contribution in [0.5, 0.6) is 0 Å². The van der Waals surface area contributed by atoms with Gasteiger partial charge in [-0.3, -0.25) is 4.98 Å². The number of hydrogen-bond acceptors (Lipinski definition) is 2. The number of rotatable bonds is 2. The summed E-state index contributed by atoms with van der Waals surface area (Å²) in [6.07, 6.45) is 1.81.